The lowest BCUT2D eigenvalue weighted by Crippen LogP contribution is -2.09. The van der Waals surface area contributed by atoms with Gasteiger partial charge in [0.15, 0.2) is 0 Å². The summed E-state index contributed by atoms with van der Waals surface area (Å²) in [5.74, 6) is -1.45. The van der Waals surface area contributed by atoms with Crippen LogP contribution < -0.4 is 0 Å². The molecule has 0 saturated heterocycles. The molecule has 166 valence electrons. The topological polar surface area (TPSA) is 57.5 Å². The molecular formula is C30H28O3. The summed E-state index contributed by atoms with van der Waals surface area (Å²) in [5.41, 5.74) is 7.31. The Hall–Kier alpha value is -3.85. The number of hydrogen-bond acceptors (Lipinski definition) is 2. The largest absolute Gasteiger partial charge is 0.507 e. The summed E-state index contributed by atoms with van der Waals surface area (Å²) < 4.78 is 0. The Bertz CT molecular complexity index is 1270. The van der Waals surface area contributed by atoms with Gasteiger partial charge < -0.3 is 10.2 Å². The average molecular weight is 437 g/mol. The molecule has 33 heavy (non-hydrogen) atoms. The molecule has 4 aromatic rings. The van der Waals surface area contributed by atoms with E-state index in [-0.39, 0.29) is 17.2 Å². The standard InChI is InChI=1S/C30H28O3/c1-20-9-8-12-23(17-20)19-25-15-16-27(30(32)33)29(31)28(25)21(2)26-14-7-6-13-24(26)18-22-10-4-3-5-11-22/h3-17,21,31H,18-19H2,1-2H3,(H,32,33). The van der Waals surface area contributed by atoms with E-state index in [0.29, 0.717) is 12.0 Å². The number of benzene rings is 4. The smallest absolute Gasteiger partial charge is 0.339 e. The van der Waals surface area contributed by atoms with Crippen molar-refractivity contribution in [2.24, 2.45) is 0 Å². The van der Waals surface area contributed by atoms with Crippen molar-refractivity contribution in [2.45, 2.75) is 32.6 Å². The highest BCUT2D eigenvalue weighted by molar-refractivity contribution is 5.91. The van der Waals surface area contributed by atoms with Gasteiger partial charge in [0.25, 0.3) is 0 Å². The van der Waals surface area contributed by atoms with Crippen LogP contribution in [0.4, 0.5) is 0 Å². The minimum absolute atomic E-state index is 0.0645. The fourth-order valence-corrected chi connectivity index (χ4v) is 4.59. The third kappa shape index (κ3) is 4.98. The first-order valence-corrected chi connectivity index (χ1v) is 11.2. The van der Waals surface area contributed by atoms with Crippen LogP contribution in [0.25, 0.3) is 0 Å². The van der Waals surface area contributed by atoms with E-state index in [0.717, 1.165) is 28.7 Å². The van der Waals surface area contributed by atoms with Crippen LogP contribution >= 0.6 is 0 Å². The van der Waals surface area contributed by atoms with Crippen LogP contribution in [0, 0.1) is 6.92 Å². The molecule has 0 fully saturated rings. The molecule has 0 aliphatic rings. The predicted octanol–water partition coefficient (Wildman–Crippen LogP) is 6.73. The van der Waals surface area contributed by atoms with Crippen molar-refractivity contribution in [2.75, 3.05) is 0 Å². The van der Waals surface area contributed by atoms with Gasteiger partial charge in [-0.25, -0.2) is 4.79 Å². The van der Waals surface area contributed by atoms with Crippen LogP contribution in [0.5, 0.6) is 5.75 Å². The Balaban J connectivity index is 1.80. The second-order valence-corrected chi connectivity index (χ2v) is 8.59. The first-order valence-electron chi connectivity index (χ1n) is 11.2. The highest BCUT2D eigenvalue weighted by atomic mass is 16.4. The van der Waals surface area contributed by atoms with Crippen LogP contribution in [0.1, 0.15) is 62.1 Å². The fourth-order valence-electron chi connectivity index (χ4n) is 4.59. The molecule has 1 atom stereocenters. The summed E-state index contributed by atoms with van der Waals surface area (Å²) >= 11 is 0. The number of aryl methyl sites for hydroxylation is 1. The van der Waals surface area contributed by atoms with Crippen LogP contribution in [0.2, 0.25) is 0 Å². The molecule has 0 heterocycles. The van der Waals surface area contributed by atoms with E-state index < -0.39 is 5.97 Å². The van der Waals surface area contributed by atoms with E-state index in [1.807, 2.05) is 49.4 Å². The van der Waals surface area contributed by atoms with Crippen molar-refractivity contribution < 1.29 is 15.0 Å². The molecule has 0 bridgehead atoms. The van der Waals surface area contributed by atoms with Gasteiger partial charge in [-0.1, -0.05) is 97.4 Å². The van der Waals surface area contributed by atoms with Crippen LogP contribution in [-0.4, -0.2) is 16.2 Å². The number of rotatable bonds is 7. The molecule has 4 rings (SSSR count). The molecule has 3 heteroatoms. The van der Waals surface area contributed by atoms with Crippen molar-refractivity contribution >= 4 is 5.97 Å². The maximum Gasteiger partial charge on any atom is 0.339 e. The zero-order valence-electron chi connectivity index (χ0n) is 19.0. The Labute approximate surface area is 195 Å². The number of aromatic carboxylic acids is 1. The molecule has 0 aromatic heterocycles. The molecular weight excluding hydrogens is 408 g/mol. The first-order chi connectivity index (χ1) is 15.9. The van der Waals surface area contributed by atoms with Crippen molar-refractivity contribution in [1.82, 2.24) is 0 Å². The lowest BCUT2D eigenvalue weighted by Gasteiger charge is -2.22. The van der Waals surface area contributed by atoms with E-state index in [9.17, 15) is 15.0 Å². The third-order valence-electron chi connectivity index (χ3n) is 6.21. The first kappa shape index (κ1) is 22.3. The summed E-state index contributed by atoms with van der Waals surface area (Å²) in [6.45, 7) is 4.10. The number of carboxylic acid groups (broad SMARTS) is 1. The van der Waals surface area contributed by atoms with Gasteiger partial charge in [-0.15, -0.1) is 0 Å². The summed E-state index contributed by atoms with van der Waals surface area (Å²) in [6.07, 6.45) is 1.39. The lowest BCUT2D eigenvalue weighted by atomic mass is 9.82. The van der Waals surface area contributed by atoms with Crippen LogP contribution in [0.3, 0.4) is 0 Å². The second kappa shape index (κ2) is 9.74. The summed E-state index contributed by atoms with van der Waals surface area (Å²) in [5, 5.41) is 20.8. The monoisotopic (exact) mass is 436 g/mol. The molecule has 1 unspecified atom stereocenters. The van der Waals surface area contributed by atoms with Crippen molar-refractivity contribution in [3.63, 3.8) is 0 Å². The van der Waals surface area contributed by atoms with Crippen LogP contribution in [-0.2, 0) is 12.8 Å². The molecule has 4 aromatic carbocycles. The predicted molar refractivity (Wildman–Crippen MR) is 132 cm³/mol. The fraction of sp³-hybridized carbons (Fsp3) is 0.167. The summed E-state index contributed by atoms with van der Waals surface area (Å²) in [7, 11) is 0. The Kier molecular flexibility index (Phi) is 6.60. The van der Waals surface area contributed by atoms with E-state index in [1.54, 1.807) is 0 Å². The van der Waals surface area contributed by atoms with Crippen LogP contribution in [0.15, 0.2) is 91.0 Å². The maximum atomic E-state index is 11.8. The van der Waals surface area contributed by atoms with Gasteiger partial charge in [0.1, 0.15) is 11.3 Å². The minimum Gasteiger partial charge on any atom is -0.507 e. The van der Waals surface area contributed by atoms with Gasteiger partial charge in [-0.05, 0) is 53.6 Å². The number of carboxylic acids is 1. The number of carbonyl (C=O) groups is 1. The molecule has 0 spiro atoms. The highest BCUT2D eigenvalue weighted by Crippen LogP contribution is 2.39. The molecule has 3 nitrogen and oxygen atoms in total. The number of phenols is 1. The minimum atomic E-state index is -1.12. The Morgan fingerprint density at radius 1 is 0.788 bits per heavy atom. The van der Waals surface area contributed by atoms with Gasteiger partial charge in [0, 0.05) is 11.5 Å². The second-order valence-electron chi connectivity index (χ2n) is 8.59. The van der Waals surface area contributed by atoms with Gasteiger partial charge in [0.2, 0.25) is 0 Å². The average Bonchev–Trinajstić information content (AvgIpc) is 2.80. The molecule has 0 saturated carbocycles. The molecule has 0 aliphatic carbocycles. The summed E-state index contributed by atoms with van der Waals surface area (Å²) in [6, 6.07) is 30.1. The SMILES string of the molecule is Cc1cccc(Cc2ccc(C(=O)O)c(O)c2C(C)c2ccccc2Cc2ccccc2)c1. The van der Waals surface area contributed by atoms with Gasteiger partial charge in [0.05, 0.1) is 0 Å². The van der Waals surface area contributed by atoms with Gasteiger partial charge in [-0.3, -0.25) is 0 Å². The number of aromatic hydroxyl groups is 1. The van der Waals surface area contributed by atoms with E-state index in [2.05, 4.69) is 49.4 Å². The molecule has 0 radical (unpaired) electrons. The zero-order chi connectivity index (χ0) is 23.4. The van der Waals surface area contributed by atoms with Gasteiger partial charge in [-0.2, -0.15) is 0 Å². The highest BCUT2D eigenvalue weighted by Gasteiger charge is 2.24. The lowest BCUT2D eigenvalue weighted by molar-refractivity contribution is 0.0693. The maximum absolute atomic E-state index is 11.8. The molecule has 2 N–H and O–H groups in total. The van der Waals surface area contributed by atoms with E-state index in [1.165, 1.54) is 17.2 Å². The van der Waals surface area contributed by atoms with E-state index >= 15 is 0 Å². The Morgan fingerprint density at radius 3 is 2.18 bits per heavy atom. The van der Waals surface area contributed by atoms with Gasteiger partial charge >= 0.3 is 5.97 Å². The van der Waals surface area contributed by atoms with E-state index in [4.69, 9.17) is 0 Å². The normalized spacial score (nSPS) is 11.8. The van der Waals surface area contributed by atoms with Crippen molar-refractivity contribution in [1.29, 1.82) is 0 Å². The summed E-state index contributed by atoms with van der Waals surface area (Å²) in [4.78, 5) is 11.8. The quantitative estimate of drug-likeness (QED) is 0.338. The third-order valence-corrected chi connectivity index (χ3v) is 6.21. The van der Waals surface area contributed by atoms with Crippen molar-refractivity contribution in [3.8, 4) is 5.75 Å². The number of hydrogen-bond donors (Lipinski definition) is 2. The Morgan fingerprint density at radius 2 is 1.45 bits per heavy atom. The zero-order valence-corrected chi connectivity index (χ0v) is 19.0. The molecule has 0 amide bonds. The van der Waals surface area contributed by atoms with Crippen molar-refractivity contribution in [3.05, 3.63) is 136 Å². The molecule has 0 aliphatic heterocycles.